The van der Waals surface area contributed by atoms with E-state index in [0.717, 1.165) is 0 Å². The maximum absolute atomic E-state index is 14.8. The zero-order chi connectivity index (χ0) is 20.1. The van der Waals surface area contributed by atoms with Gasteiger partial charge < -0.3 is 4.74 Å². The Morgan fingerprint density at radius 1 is 0.846 bits per heavy atom. The fraction of sp³-hybridized carbons (Fsp3) is 1.00. The van der Waals surface area contributed by atoms with Gasteiger partial charge in [-0.3, -0.25) is 8.37 Å². The van der Waals surface area contributed by atoms with Crippen LogP contribution in [-0.2, 0) is 16.7 Å². The van der Waals surface area contributed by atoms with E-state index in [1.54, 1.807) is 0 Å². The molecule has 0 saturated carbocycles. The smallest absolute Gasteiger partial charge is 0.303 e. The van der Waals surface area contributed by atoms with Crippen molar-refractivity contribution in [3.05, 3.63) is 0 Å². The zero-order valence-electron chi connectivity index (χ0n) is 17.5. The van der Waals surface area contributed by atoms with Gasteiger partial charge in [-0.25, -0.2) is 8.78 Å². The highest BCUT2D eigenvalue weighted by atomic mass is 32.4. The Labute approximate surface area is 161 Å². The van der Waals surface area contributed by atoms with Gasteiger partial charge in [-0.1, -0.05) is 0 Å². The number of alkyl halides is 2. The summed E-state index contributed by atoms with van der Waals surface area (Å²) in [6, 6.07) is 0. The first-order valence-electron chi connectivity index (χ1n) is 9.50. The summed E-state index contributed by atoms with van der Waals surface area (Å²) in [5.41, 5.74) is 0. The number of rotatable bonds is 4. The van der Waals surface area contributed by atoms with E-state index in [4.69, 9.17) is 16.7 Å². The van der Waals surface area contributed by atoms with Crippen LogP contribution in [0.5, 0.6) is 0 Å². The molecule has 2 aliphatic heterocycles. The van der Waals surface area contributed by atoms with E-state index in [0.29, 0.717) is 0 Å². The van der Waals surface area contributed by atoms with Gasteiger partial charge in [0.2, 0.25) is 0 Å². The van der Waals surface area contributed by atoms with Crippen LogP contribution in [0.15, 0.2) is 0 Å². The molecule has 26 heavy (non-hydrogen) atoms. The van der Waals surface area contributed by atoms with Crippen molar-refractivity contribution < 1.29 is 25.5 Å². The monoisotopic (exact) mass is 418 g/mol. The second-order valence-electron chi connectivity index (χ2n) is 8.23. The van der Waals surface area contributed by atoms with Crippen LogP contribution in [0, 0.1) is 0 Å². The summed E-state index contributed by atoms with van der Waals surface area (Å²) in [5.74, 6) is -3.07. The quantitative estimate of drug-likeness (QED) is 0.583. The third-order valence-electron chi connectivity index (χ3n) is 5.15. The SMILES string of the molecule is CC(C)S1(C(C)C)OC[C@H]2O[C@@H](C)C(F)(F)[C@@H]2OS(C(C)C)(C(C)C)O1. The van der Waals surface area contributed by atoms with E-state index in [1.165, 1.54) is 6.92 Å². The maximum Gasteiger partial charge on any atom is 0.303 e. The topological polar surface area (TPSA) is 36.9 Å². The van der Waals surface area contributed by atoms with Crippen molar-refractivity contribution in [3.8, 4) is 0 Å². The first-order chi connectivity index (χ1) is 11.8. The molecule has 2 heterocycles. The normalized spacial score (nSPS) is 36.0. The Morgan fingerprint density at radius 2 is 1.31 bits per heavy atom. The molecule has 0 aromatic rings. The summed E-state index contributed by atoms with van der Waals surface area (Å²) in [7, 11) is -4.28. The predicted molar refractivity (Wildman–Crippen MR) is 107 cm³/mol. The highest BCUT2D eigenvalue weighted by molar-refractivity contribution is 8.39. The molecule has 0 aromatic carbocycles. The highest BCUT2D eigenvalue weighted by Crippen LogP contribution is 2.75. The molecule has 2 fully saturated rings. The first kappa shape index (κ1) is 22.7. The zero-order valence-corrected chi connectivity index (χ0v) is 19.1. The van der Waals surface area contributed by atoms with E-state index < -0.39 is 45.4 Å². The molecule has 2 saturated heterocycles. The molecule has 4 nitrogen and oxygen atoms in total. The standard InChI is InChI=1S/C18H36F2O4S2/c1-11(2)25(12(3)4)21-10-16-17(18(19,20)15(9)22-16)23-26(24-25,13(5)6)14(7)8/h11-17H,10H2,1-9H3/t15-,16+,17+/m0/s1. The fourth-order valence-corrected chi connectivity index (χ4v) is 11.8. The Balaban J connectivity index is 2.58. The van der Waals surface area contributed by atoms with Crippen molar-refractivity contribution in [2.45, 2.75) is 108 Å². The third-order valence-corrected chi connectivity index (χ3v) is 13.1. The lowest BCUT2D eigenvalue weighted by Gasteiger charge is -2.62. The van der Waals surface area contributed by atoms with Crippen LogP contribution in [0.3, 0.4) is 0 Å². The molecular weight excluding hydrogens is 382 g/mol. The van der Waals surface area contributed by atoms with Crippen molar-refractivity contribution in [1.82, 2.24) is 0 Å². The van der Waals surface area contributed by atoms with E-state index in [1.807, 2.05) is 27.7 Å². The average molecular weight is 419 g/mol. The summed E-state index contributed by atoms with van der Waals surface area (Å²) in [5, 5.41) is 0.152. The molecular formula is C18H36F2O4S2. The summed E-state index contributed by atoms with van der Waals surface area (Å²) in [4.78, 5) is 0. The highest BCUT2D eigenvalue weighted by Gasteiger charge is 2.62. The number of ether oxygens (including phenoxy) is 1. The number of hydrogen-bond donors (Lipinski definition) is 0. The number of hydrogen-bond acceptors (Lipinski definition) is 4. The molecule has 0 aromatic heterocycles. The Bertz CT molecular complexity index is 484. The van der Waals surface area contributed by atoms with E-state index in [-0.39, 0.29) is 27.6 Å². The average Bonchev–Trinajstić information content (AvgIpc) is 2.68. The maximum atomic E-state index is 14.8. The summed E-state index contributed by atoms with van der Waals surface area (Å²) in [6.07, 6.45) is -3.32. The van der Waals surface area contributed by atoms with Crippen LogP contribution >= 0.6 is 21.2 Å². The van der Waals surface area contributed by atoms with Gasteiger partial charge in [0.1, 0.15) is 18.8 Å². The van der Waals surface area contributed by atoms with Crippen LogP contribution in [0.1, 0.15) is 62.3 Å². The lowest BCUT2D eigenvalue weighted by Crippen LogP contribution is -2.48. The van der Waals surface area contributed by atoms with Gasteiger partial charge in [0.05, 0.1) is 0 Å². The largest absolute Gasteiger partial charge is 0.363 e. The van der Waals surface area contributed by atoms with Gasteiger partial charge >= 0.3 is 5.92 Å². The van der Waals surface area contributed by atoms with Crippen molar-refractivity contribution in [2.75, 3.05) is 6.61 Å². The van der Waals surface area contributed by atoms with E-state index >= 15 is 0 Å². The molecule has 2 aliphatic rings. The lowest BCUT2D eigenvalue weighted by molar-refractivity contribution is -0.0970. The van der Waals surface area contributed by atoms with Crippen LogP contribution in [0.2, 0.25) is 0 Å². The minimum Gasteiger partial charge on any atom is -0.363 e. The number of fused-ring (bicyclic) bond motifs is 1. The molecule has 3 atom stereocenters. The van der Waals surface area contributed by atoms with E-state index in [2.05, 4.69) is 27.7 Å². The lowest BCUT2D eigenvalue weighted by atomic mass is 10.1. The van der Waals surface area contributed by atoms with Gasteiger partial charge in [-0.2, -0.15) is 24.8 Å². The molecule has 0 amide bonds. The van der Waals surface area contributed by atoms with Crippen LogP contribution < -0.4 is 0 Å². The van der Waals surface area contributed by atoms with Gasteiger partial charge in [0.15, 0.2) is 6.10 Å². The minimum atomic E-state index is -3.07. The number of halogens is 2. The molecule has 0 unspecified atom stereocenters. The van der Waals surface area contributed by atoms with E-state index in [9.17, 15) is 8.78 Å². The second kappa shape index (κ2) is 7.67. The van der Waals surface area contributed by atoms with Gasteiger partial charge in [0.25, 0.3) is 0 Å². The van der Waals surface area contributed by atoms with Gasteiger partial charge in [-0.05, 0) is 62.3 Å². The molecule has 8 heteroatoms. The summed E-state index contributed by atoms with van der Waals surface area (Å²) < 4.78 is 54.7. The molecule has 0 aliphatic carbocycles. The predicted octanol–water partition coefficient (Wildman–Crippen LogP) is 5.74. The van der Waals surface area contributed by atoms with Gasteiger partial charge in [0, 0.05) is 21.0 Å². The molecule has 0 N–H and O–H groups in total. The van der Waals surface area contributed by atoms with Crippen molar-refractivity contribution in [3.63, 3.8) is 0 Å². The van der Waals surface area contributed by atoms with Crippen molar-refractivity contribution in [2.24, 2.45) is 0 Å². The molecule has 0 radical (unpaired) electrons. The van der Waals surface area contributed by atoms with Crippen LogP contribution in [-0.4, -0.2) is 51.8 Å². The van der Waals surface area contributed by atoms with Crippen molar-refractivity contribution >= 4 is 21.2 Å². The Morgan fingerprint density at radius 3 is 1.73 bits per heavy atom. The Hall–Kier alpha value is 0.400. The van der Waals surface area contributed by atoms with Crippen molar-refractivity contribution in [1.29, 1.82) is 0 Å². The van der Waals surface area contributed by atoms with Crippen LogP contribution in [0.25, 0.3) is 0 Å². The van der Waals surface area contributed by atoms with Crippen LogP contribution in [0.4, 0.5) is 8.78 Å². The first-order valence-corrected chi connectivity index (χ1v) is 12.7. The molecule has 0 bridgehead atoms. The molecule has 0 spiro atoms. The second-order valence-corrected chi connectivity index (χ2v) is 15.3. The summed E-state index contributed by atoms with van der Waals surface area (Å²) >= 11 is 0. The Kier molecular flexibility index (Phi) is 6.69. The summed E-state index contributed by atoms with van der Waals surface area (Å²) in [6.45, 7) is 17.8. The molecule has 2 rings (SSSR count). The fourth-order valence-electron chi connectivity index (χ4n) is 3.59. The third kappa shape index (κ3) is 3.54. The van der Waals surface area contributed by atoms with Gasteiger partial charge in [-0.15, -0.1) is 0 Å². The molecule has 158 valence electrons. The minimum absolute atomic E-state index is 0.0408.